The Labute approximate surface area is 225 Å². The van der Waals surface area contributed by atoms with Gasteiger partial charge in [-0.2, -0.15) is 0 Å². The highest BCUT2D eigenvalue weighted by Crippen LogP contribution is 2.61. The maximum atomic E-state index is 13.7. The van der Waals surface area contributed by atoms with Crippen LogP contribution in [0.3, 0.4) is 0 Å². The lowest BCUT2D eigenvalue weighted by Gasteiger charge is -2.58. The number of ether oxygens (including phenoxy) is 1. The van der Waals surface area contributed by atoms with E-state index in [1.54, 1.807) is 30.5 Å². The Morgan fingerprint density at radius 2 is 1.73 bits per heavy atom. The fourth-order valence-electron chi connectivity index (χ4n) is 7.44. The molecule has 192 valence electrons. The molecule has 0 aliphatic heterocycles. The van der Waals surface area contributed by atoms with Crippen molar-refractivity contribution in [1.82, 2.24) is 10.3 Å². The Bertz CT molecular complexity index is 1360. The van der Waals surface area contributed by atoms with E-state index in [2.05, 4.69) is 10.3 Å². The number of halogens is 2. The quantitative estimate of drug-likeness (QED) is 0.357. The Kier molecular flexibility index (Phi) is 6.28. The van der Waals surface area contributed by atoms with Crippen LogP contribution in [0.25, 0.3) is 10.9 Å². The predicted molar refractivity (Wildman–Crippen MR) is 142 cm³/mol. The van der Waals surface area contributed by atoms with Gasteiger partial charge >= 0.3 is 5.97 Å². The standard InChI is InChI=1S/C29H28Cl2N2O4/c30-22-6-3-16(11-23(22)31)15-37-25-21(5-4-20-2-1-7-32-24(20)25)27(34)33-26(28(35)36)29-12-17-8-18(13-29)10-19(9-17)14-29/h1-7,11,17-19,26H,8-10,12-15H2,(H,33,34)(H,35,36)/t17?,18?,19?,26-,29?/m1/s1. The van der Waals surface area contributed by atoms with Gasteiger partial charge in [0.15, 0.2) is 5.75 Å². The zero-order chi connectivity index (χ0) is 25.7. The molecule has 0 unspecified atom stereocenters. The topological polar surface area (TPSA) is 88.5 Å². The molecule has 1 heterocycles. The number of nitrogens with zero attached hydrogens (tertiary/aromatic N) is 1. The summed E-state index contributed by atoms with van der Waals surface area (Å²) in [5.74, 6) is 0.601. The van der Waals surface area contributed by atoms with E-state index >= 15 is 0 Å². The van der Waals surface area contributed by atoms with Crippen molar-refractivity contribution >= 4 is 46.0 Å². The van der Waals surface area contributed by atoms with Gasteiger partial charge in [0.1, 0.15) is 18.2 Å². The van der Waals surface area contributed by atoms with Crippen LogP contribution >= 0.6 is 23.2 Å². The third-order valence-electron chi connectivity index (χ3n) is 8.56. The molecular weight excluding hydrogens is 511 g/mol. The predicted octanol–water partition coefficient (Wildman–Crippen LogP) is 6.52. The minimum atomic E-state index is -0.965. The number of hydrogen-bond acceptors (Lipinski definition) is 4. The number of carboxylic acid groups (broad SMARTS) is 1. The summed E-state index contributed by atoms with van der Waals surface area (Å²) in [6.07, 6.45) is 7.85. The van der Waals surface area contributed by atoms with Crippen LogP contribution in [0.4, 0.5) is 0 Å². The second kappa shape index (κ2) is 9.48. The van der Waals surface area contributed by atoms with Crippen molar-refractivity contribution in [1.29, 1.82) is 0 Å². The molecule has 4 aliphatic rings. The maximum Gasteiger partial charge on any atom is 0.326 e. The first-order valence-corrected chi connectivity index (χ1v) is 13.5. The van der Waals surface area contributed by atoms with Crippen LogP contribution in [0.15, 0.2) is 48.7 Å². The molecule has 6 nitrogen and oxygen atoms in total. The smallest absolute Gasteiger partial charge is 0.326 e. The van der Waals surface area contributed by atoms with Gasteiger partial charge in [0, 0.05) is 17.0 Å². The lowest BCUT2D eigenvalue weighted by atomic mass is 9.47. The number of nitrogens with one attached hydrogen (secondary N) is 1. The second-order valence-corrected chi connectivity index (χ2v) is 11.9. The zero-order valence-electron chi connectivity index (χ0n) is 20.3. The molecule has 4 aliphatic carbocycles. The van der Waals surface area contributed by atoms with Gasteiger partial charge in [0.2, 0.25) is 0 Å². The lowest BCUT2D eigenvalue weighted by Crippen LogP contribution is -2.59. The van der Waals surface area contributed by atoms with Gasteiger partial charge in [0.25, 0.3) is 5.91 Å². The van der Waals surface area contributed by atoms with Crippen molar-refractivity contribution in [2.45, 2.75) is 51.2 Å². The van der Waals surface area contributed by atoms with Crippen molar-refractivity contribution in [3.63, 3.8) is 0 Å². The van der Waals surface area contributed by atoms with Gasteiger partial charge in [-0.15, -0.1) is 0 Å². The van der Waals surface area contributed by atoms with Crippen LogP contribution < -0.4 is 10.1 Å². The number of carboxylic acids is 1. The minimum absolute atomic E-state index is 0.143. The van der Waals surface area contributed by atoms with Crippen LogP contribution in [0, 0.1) is 23.2 Å². The first-order valence-electron chi connectivity index (χ1n) is 12.8. The molecule has 3 aromatic rings. The van der Waals surface area contributed by atoms with E-state index in [1.165, 1.54) is 19.3 Å². The van der Waals surface area contributed by atoms with Crippen LogP contribution in [-0.2, 0) is 11.4 Å². The first kappa shape index (κ1) is 24.5. The molecule has 0 saturated heterocycles. The number of aliphatic carboxylic acids is 1. The third kappa shape index (κ3) is 4.55. The average molecular weight is 539 g/mol. The zero-order valence-corrected chi connectivity index (χ0v) is 21.8. The van der Waals surface area contributed by atoms with Crippen molar-refractivity contribution in [3.8, 4) is 5.75 Å². The normalized spacial score (nSPS) is 26.7. The number of aromatic nitrogens is 1. The summed E-state index contributed by atoms with van der Waals surface area (Å²) in [7, 11) is 0. The second-order valence-electron chi connectivity index (χ2n) is 11.1. The number of fused-ring (bicyclic) bond motifs is 1. The van der Waals surface area contributed by atoms with Crippen LogP contribution in [-0.4, -0.2) is 28.0 Å². The number of rotatable bonds is 7. The highest BCUT2D eigenvalue weighted by Gasteiger charge is 2.56. The van der Waals surface area contributed by atoms with E-state index in [4.69, 9.17) is 27.9 Å². The van der Waals surface area contributed by atoms with Crippen molar-refractivity contribution < 1.29 is 19.4 Å². The highest BCUT2D eigenvalue weighted by atomic mass is 35.5. The summed E-state index contributed by atoms with van der Waals surface area (Å²) in [6.45, 7) is 0.143. The summed E-state index contributed by atoms with van der Waals surface area (Å²) in [6, 6.07) is 11.5. The molecule has 7 rings (SSSR count). The molecule has 4 saturated carbocycles. The van der Waals surface area contributed by atoms with Gasteiger partial charge in [-0.1, -0.05) is 41.4 Å². The molecule has 4 fully saturated rings. The Balaban J connectivity index is 1.31. The Morgan fingerprint density at radius 1 is 1.03 bits per heavy atom. The Hall–Kier alpha value is -2.83. The number of hydrogen-bond donors (Lipinski definition) is 2. The van der Waals surface area contributed by atoms with Crippen LogP contribution in [0.2, 0.25) is 10.0 Å². The molecule has 8 heteroatoms. The van der Waals surface area contributed by atoms with Crippen LogP contribution in [0.1, 0.15) is 54.4 Å². The van der Waals surface area contributed by atoms with Gasteiger partial charge in [-0.3, -0.25) is 9.78 Å². The Morgan fingerprint density at radius 3 is 2.38 bits per heavy atom. The molecule has 37 heavy (non-hydrogen) atoms. The van der Waals surface area contributed by atoms with E-state index in [0.29, 0.717) is 39.1 Å². The summed E-state index contributed by atoms with van der Waals surface area (Å²) in [4.78, 5) is 30.7. The summed E-state index contributed by atoms with van der Waals surface area (Å²) >= 11 is 12.2. The van der Waals surface area contributed by atoms with Crippen molar-refractivity contribution in [2.75, 3.05) is 0 Å². The lowest BCUT2D eigenvalue weighted by molar-refractivity contribution is -0.150. The minimum Gasteiger partial charge on any atom is -0.486 e. The number of pyridine rings is 1. The van der Waals surface area contributed by atoms with E-state index in [9.17, 15) is 14.7 Å². The monoisotopic (exact) mass is 538 g/mol. The molecule has 0 spiro atoms. The molecule has 0 radical (unpaired) electrons. The largest absolute Gasteiger partial charge is 0.486 e. The van der Waals surface area contributed by atoms with Gasteiger partial charge in [0.05, 0.1) is 15.6 Å². The summed E-state index contributed by atoms with van der Waals surface area (Å²) in [5, 5.41) is 14.9. The molecule has 1 amide bonds. The van der Waals surface area contributed by atoms with Crippen molar-refractivity contribution in [2.24, 2.45) is 23.2 Å². The number of amides is 1. The van der Waals surface area contributed by atoms with E-state index < -0.39 is 17.9 Å². The summed E-state index contributed by atoms with van der Waals surface area (Å²) < 4.78 is 6.17. The molecular formula is C29H28Cl2N2O4. The molecule has 1 aromatic heterocycles. The SMILES string of the molecule is O=C(N[C@H](C(=O)O)C12CC3CC(CC(C3)C1)C2)c1ccc2cccnc2c1OCc1ccc(Cl)c(Cl)c1. The van der Waals surface area contributed by atoms with Crippen LogP contribution in [0.5, 0.6) is 5.75 Å². The average Bonchev–Trinajstić information content (AvgIpc) is 2.86. The fraction of sp³-hybridized carbons (Fsp3) is 0.414. The molecule has 2 aromatic carbocycles. The third-order valence-corrected chi connectivity index (χ3v) is 9.30. The molecule has 1 atom stereocenters. The number of carbonyl (C=O) groups excluding carboxylic acids is 1. The van der Waals surface area contributed by atoms with E-state index in [-0.39, 0.29) is 17.6 Å². The molecule has 2 N–H and O–H groups in total. The van der Waals surface area contributed by atoms with Gasteiger partial charge < -0.3 is 15.2 Å². The van der Waals surface area contributed by atoms with Gasteiger partial charge in [-0.25, -0.2) is 4.79 Å². The fourth-order valence-corrected chi connectivity index (χ4v) is 7.77. The number of benzene rings is 2. The maximum absolute atomic E-state index is 13.7. The molecule has 4 bridgehead atoms. The van der Waals surface area contributed by atoms with E-state index in [0.717, 1.165) is 30.2 Å². The van der Waals surface area contributed by atoms with Gasteiger partial charge in [-0.05, 0) is 86.1 Å². The van der Waals surface area contributed by atoms with E-state index in [1.807, 2.05) is 18.2 Å². The van der Waals surface area contributed by atoms with Crippen molar-refractivity contribution in [3.05, 3.63) is 69.8 Å². The highest BCUT2D eigenvalue weighted by molar-refractivity contribution is 6.42. The first-order chi connectivity index (χ1) is 17.8. The number of carbonyl (C=O) groups is 2. The summed E-state index contributed by atoms with van der Waals surface area (Å²) in [5.41, 5.74) is 1.21.